The fraction of sp³-hybridized carbons (Fsp3) is 0. The van der Waals surface area contributed by atoms with Gasteiger partial charge < -0.3 is 14.3 Å². The van der Waals surface area contributed by atoms with Crippen LogP contribution in [0.15, 0.2) is 168 Å². The monoisotopic (exact) mass is 576 g/mol. The van der Waals surface area contributed by atoms with E-state index in [4.69, 9.17) is 4.42 Å². The largest absolute Gasteiger partial charge is 0.454 e. The molecule has 0 spiro atoms. The Labute approximate surface area is 260 Å². The van der Waals surface area contributed by atoms with E-state index in [9.17, 15) is 0 Å². The lowest BCUT2D eigenvalue weighted by Gasteiger charge is -2.11. The molecule has 2 aromatic heterocycles. The summed E-state index contributed by atoms with van der Waals surface area (Å²) in [6.45, 7) is 0. The summed E-state index contributed by atoms with van der Waals surface area (Å²) in [5.41, 5.74) is 12.1. The third kappa shape index (κ3) is 4.29. The fourth-order valence-corrected chi connectivity index (χ4v) is 6.63. The zero-order chi connectivity index (χ0) is 29.7. The van der Waals surface area contributed by atoms with E-state index in [0.29, 0.717) is 0 Å². The molecule has 0 saturated carbocycles. The normalized spacial score (nSPS) is 11.6. The van der Waals surface area contributed by atoms with Gasteiger partial charge in [0.05, 0.1) is 16.7 Å². The molecule has 0 unspecified atom stereocenters. The molecule has 9 rings (SSSR count). The topological polar surface area (TPSA) is 30.1 Å². The molecule has 0 bridgehead atoms. The number of rotatable bonds is 5. The predicted octanol–water partition coefficient (Wildman–Crippen LogP) is 11.8. The first-order valence-electron chi connectivity index (χ1n) is 15.3. The molecule has 0 aliphatic heterocycles. The summed E-state index contributed by atoms with van der Waals surface area (Å²) in [6.07, 6.45) is 0. The van der Waals surface area contributed by atoms with Crippen LogP contribution in [0.2, 0.25) is 0 Å². The average Bonchev–Trinajstić information content (AvgIpc) is 3.65. The van der Waals surface area contributed by atoms with Crippen LogP contribution in [0, 0.1) is 0 Å². The van der Waals surface area contributed by atoms with Crippen molar-refractivity contribution in [2.45, 2.75) is 0 Å². The maximum atomic E-state index is 6.22. The Morgan fingerprint density at radius 3 is 1.93 bits per heavy atom. The van der Waals surface area contributed by atoms with Crippen LogP contribution in [0.4, 0.5) is 11.4 Å². The number of benzene rings is 7. The number of furan rings is 1. The molecule has 0 aliphatic rings. The van der Waals surface area contributed by atoms with Gasteiger partial charge in [-0.1, -0.05) is 109 Å². The first kappa shape index (κ1) is 25.4. The van der Waals surface area contributed by atoms with Gasteiger partial charge in [0.2, 0.25) is 0 Å². The van der Waals surface area contributed by atoms with Gasteiger partial charge in [-0.25, -0.2) is 0 Å². The van der Waals surface area contributed by atoms with Gasteiger partial charge >= 0.3 is 0 Å². The summed E-state index contributed by atoms with van der Waals surface area (Å²) in [4.78, 5) is 0. The van der Waals surface area contributed by atoms with Crippen LogP contribution in [0.3, 0.4) is 0 Å². The maximum absolute atomic E-state index is 6.22. The van der Waals surface area contributed by atoms with Gasteiger partial charge in [-0.15, -0.1) is 0 Å². The number of para-hydroxylation sites is 4. The molecule has 212 valence electrons. The van der Waals surface area contributed by atoms with Crippen LogP contribution in [0.25, 0.3) is 71.7 Å². The van der Waals surface area contributed by atoms with Crippen molar-refractivity contribution in [3.63, 3.8) is 0 Å². The highest BCUT2D eigenvalue weighted by molar-refractivity contribution is 6.11. The molecule has 1 N–H and O–H groups in total. The maximum Gasteiger partial charge on any atom is 0.158 e. The second kappa shape index (κ2) is 10.3. The van der Waals surface area contributed by atoms with E-state index in [-0.39, 0.29) is 0 Å². The Hall–Kier alpha value is -6.06. The van der Waals surface area contributed by atoms with Gasteiger partial charge in [-0.3, -0.25) is 0 Å². The second-order valence-electron chi connectivity index (χ2n) is 11.5. The summed E-state index contributed by atoms with van der Waals surface area (Å²) < 4.78 is 8.59. The minimum Gasteiger partial charge on any atom is -0.454 e. The Kier molecular flexibility index (Phi) is 5.82. The number of nitrogens with zero attached hydrogens (tertiary/aromatic N) is 1. The highest BCUT2D eigenvalue weighted by Crippen LogP contribution is 2.37. The van der Waals surface area contributed by atoms with E-state index in [1.807, 2.05) is 18.2 Å². The van der Waals surface area contributed by atoms with E-state index in [0.717, 1.165) is 33.3 Å². The third-order valence-corrected chi connectivity index (χ3v) is 8.79. The van der Waals surface area contributed by atoms with Crippen LogP contribution in [-0.4, -0.2) is 4.57 Å². The van der Waals surface area contributed by atoms with E-state index in [1.165, 1.54) is 49.7 Å². The van der Waals surface area contributed by atoms with E-state index < -0.39 is 0 Å². The number of aromatic nitrogens is 1. The second-order valence-corrected chi connectivity index (χ2v) is 11.5. The number of hydrogen-bond donors (Lipinski definition) is 1. The fourth-order valence-electron chi connectivity index (χ4n) is 6.63. The van der Waals surface area contributed by atoms with Gasteiger partial charge in [-0.2, -0.15) is 0 Å². The van der Waals surface area contributed by atoms with Crippen molar-refractivity contribution < 1.29 is 4.42 Å². The molecule has 0 atom stereocenters. The molecule has 0 saturated heterocycles. The lowest BCUT2D eigenvalue weighted by molar-refractivity contribution is 0.670. The molecule has 0 fully saturated rings. The molecular weight excluding hydrogens is 548 g/mol. The van der Waals surface area contributed by atoms with Crippen LogP contribution in [0.1, 0.15) is 0 Å². The minimum absolute atomic E-state index is 0.874. The molecule has 2 heterocycles. The Morgan fingerprint density at radius 2 is 1.07 bits per heavy atom. The van der Waals surface area contributed by atoms with Crippen molar-refractivity contribution in [1.29, 1.82) is 0 Å². The number of hydrogen-bond acceptors (Lipinski definition) is 2. The molecule has 3 heteroatoms. The molecule has 9 aromatic rings. The summed E-state index contributed by atoms with van der Waals surface area (Å²) in [7, 11) is 0. The third-order valence-electron chi connectivity index (χ3n) is 8.79. The van der Waals surface area contributed by atoms with Crippen LogP contribution < -0.4 is 5.32 Å². The van der Waals surface area contributed by atoms with Gasteiger partial charge in [0.25, 0.3) is 0 Å². The molecule has 3 nitrogen and oxygen atoms in total. The number of fused-ring (bicyclic) bond motifs is 6. The lowest BCUT2D eigenvalue weighted by Crippen LogP contribution is -1.93. The average molecular weight is 577 g/mol. The predicted molar refractivity (Wildman–Crippen MR) is 189 cm³/mol. The highest BCUT2D eigenvalue weighted by atomic mass is 16.3. The Balaban J connectivity index is 1.06. The SMILES string of the molecule is c1ccc(-n2c3ccccc3c3ccc(-c4cccc(-c5ccc(Nc6cccc7c6oc6ccccc67)cc5)c4)cc32)cc1. The van der Waals surface area contributed by atoms with Gasteiger partial charge in [0.15, 0.2) is 5.58 Å². The van der Waals surface area contributed by atoms with Crippen LogP contribution in [0.5, 0.6) is 0 Å². The zero-order valence-corrected chi connectivity index (χ0v) is 24.4. The van der Waals surface area contributed by atoms with Gasteiger partial charge in [0.1, 0.15) is 5.58 Å². The number of nitrogens with one attached hydrogen (secondary N) is 1. The van der Waals surface area contributed by atoms with Crippen molar-refractivity contribution in [1.82, 2.24) is 4.57 Å². The molecule has 0 radical (unpaired) electrons. The summed E-state index contributed by atoms with van der Waals surface area (Å²) >= 11 is 0. The van der Waals surface area contributed by atoms with E-state index in [1.54, 1.807) is 0 Å². The molecule has 45 heavy (non-hydrogen) atoms. The summed E-state index contributed by atoms with van der Waals surface area (Å²) in [6, 6.07) is 58.0. The zero-order valence-electron chi connectivity index (χ0n) is 24.4. The molecule has 0 amide bonds. The standard InChI is InChI=1S/C42H28N2O/c1-2-12-33(13-3-1)44-39-18-6-4-14-34(39)35-25-22-31(27-40(35)44)30-11-8-10-29(26-30)28-20-23-32(24-21-28)43-38-17-9-16-37-36-15-5-7-19-41(36)45-42(37)38/h1-27,43H. The minimum atomic E-state index is 0.874. The highest BCUT2D eigenvalue weighted by Gasteiger charge is 2.14. The quantitative estimate of drug-likeness (QED) is 0.221. The van der Waals surface area contributed by atoms with Gasteiger partial charge in [0, 0.05) is 32.9 Å². The van der Waals surface area contributed by atoms with Gasteiger partial charge in [-0.05, 0) is 76.9 Å². The lowest BCUT2D eigenvalue weighted by atomic mass is 9.98. The van der Waals surface area contributed by atoms with Crippen molar-refractivity contribution in [3.8, 4) is 27.9 Å². The summed E-state index contributed by atoms with van der Waals surface area (Å²) in [5.74, 6) is 0. The van der Waals surface area contributed by atoms with Crippen molar-refractivity contribution in [2.75, 3.05) is 5.32 Å². The first-order valence-corrected chi connectivity index (χ1v) is 15.3. The van der Waals surface area contributed by atoms with Crippen molar-refractivity contribution >= 4 is 55.1 Å². The van der Waals surface area contributed by atoms with Crippen molar-refractivity contribution in [2.24, 2.45) is 0 Å². The molecule has 0 aliphatic carbocycles. The first-order chi connectivity index (χ1) is 22.3. The summed E-state index contributed by atoms with van der Waals surface area (Å²) in [5, 5.41) is 8.35. The molecular formula is C42H28N2O. The van der Waals surface area contributed by atoms with Crippen molar-refractivity contribution in [3.05, 3.63) is 164 Å². The van der Waals surface area contributed by atoms with Crippen LogP contribution in [-0.2, 0) is 0 Å². The Bertz CT molecular complexity index is 2500. The van der Waals surface area contributed by atoms with Crippen LogP contribution >= 0.6 is 0 Å². The smallest absolute Gasteiger partial charge is 0.158 e. The van der Waals surface area contributed by atoms with E-state index >= 15 is 0 Å². The van der Waals surface area contributed by atoms with E-state index in [2.05, 4.69) is 155 Å². The molecule has 7 aromatic carbocycles. The number of anilines is 2. The Morgan fingerprint density at radius 1 is 0.422 bits per heavy atom.